The molecular formula is C20H13BO. The maximum absolute atomic E-state index is 6.29. The molecule has 4 aromatic carbocycles. The molecule has 0 amide bonds. The summed E-state index contributed by atoms with van der Waals surface area (Å²) in [5.74, 6) is 1.95. The molecule has 1 aliphatic heterocycles. The van der Waals surface area contributed by atoms with Crippen molar-refractivity contribution in [2.45, 2.75) is 0 Å². The Hall–Kier alpha value is -2.74. The van der Waals surface area contributed by atoms with Crippen LogP contribution in [-0.4, -0.2) is 7.85 Å². The van der Waals surface area contributed by atoms with E-state index in [0.29, 0.717) is 0 Å². The van der Waals surface area contributed by atoms with Crippen LogP contribution in [0.5, 0.6) is 11.5 Å². The molecule has 0 saturated carbocycles. The van der Waals surface area contributed by atoms with Crippen molar-refractivity contribution in [3.8, 4) is 22.6 Å². The van der Waals surface area contributed by atoms with Crippen molar-refractivity contribution in [2.75, 3.05) is 0 Å². The van der Waals surface area contributed by atoms with Crippen molar-refractivity contribution in [3.63, 3.8) is 0 Å². The third-order valence-corrected chi connectivity index (χ3v) is 4.56. The Morgan fingerprint density at radius 1 is 0.727 bits per heavy atom. The zero-order valence-electron chi connectivity index (χ0n) is 12.3. The second kappa shape index (κ2) is 4.14. The first-order chi connectivity index (χ1) is 10.8. The third kappa shape index (κ3) is 1.44. The Kier molecular flexibility index (Phi) is 2.23. The van der Waals surface area contributed by atoms with Gasteiger partial charge in [-0.2, -0.15) is 0 Å². The second-order valence-electron chi connectivity index (χ2n) is 5.88. The summed E-state index contributed by atoms with van der Waals surface area (Å²) in [4.78, 5) is 0. The summed E-state index contributed by atoms with van der Waals surface area (Å²) in [5.41, 5.74) is 3.63. The summed E-state index contributed by atoms with van der Waals surface area (Å²) >= 11 is 0. The van der Waals surface area contributed by atoms with Gasteiger partial charge >= 0.3 is 0 Å². The predicted molar refractivity (Wildman–Crippen MR) is 95.1 cm³/mol. The van der Waals surface area contributed by atoms with Gasteiger partial charge in [0.05, 0.1) is 0 Å². The summed E-state index contributed by atoms with van der Waals surface area (Å²) in [6.45, 7) is 0. The van der Waals surface area contributed by atoms with Crippen molar-refractivity contribution in [1.29, 1.82) is 0 Å². The zero-order valence-corrected chi connectivity index (χ0v) is 12.3. The van der Waals surface area contributed by atoms with E-state index in [4.69, 9.17) is 4.74 Å². The molecule has 4 aromatic rings. The SMILES string of the molecule is Bc1cccc2c1Oc1cc3ccccc3c3cccc-2c13. The zero-order chi connectivity index (χ0) is 14.7. The maximum Gasteiger partial charge on any atom is 0.144 e. The van der Waals surface area contributed by atoms with Gasteiger partial charge in [-0.25, -0.2) is 0 Å². The van der Waals surface area contributed by atoms with Crippen molar-refractivity contribution < 1.29 is 4.74 Å². The monoisotopic (exact) mass is 280 g/mol. The Bertz CT molecular complexity index is 1070. The number of ether oxygens (including phenoxy) is 1. The van der Waals surface area contributed by atoms with Crippen molar-refractivity contribution >= 4 is 34.9 Å². The lowest BCUT2D eigenvalue weighted by molar-refractivity contribution is 0.491. The summed E-state index contributed by atoms with van der Waals surface area (Å²) in [5, 5.41) is 4.99. The minimum atomic E-state index is 0.964. The van der Waals surface area contributed by atoms with Crippen LogP contribution in [0.1, 0.15) is 0 Å². The molecule has 1 heterocycles. The fourth-order valence-electron chi connectivity index (χ4n) is 3.54. The topological polar surface area (TPSA) is 9.23 Å². The highest BCUT2D eigenvalue weighted by Crippen LogP contribution is 2.47. The van der Waals surface area contributed by atoms with Gasteiger partial charge < -0.3 is 4.74 Å². The quantitative estimate of drug-likeness (QED) is 0.307. The highest BCUT2D eigenvalue weighted by molar-refractivity contribution is 6.35. The van der Waals surface area contributed by atoms with E-state index in [1.807, 2.05) is 0 Å². The van der Waals surface area contributed by atoms with Gasteiger partial charge in [0.2, 0.25) is 0 Å². The Labute approximate surface area is 129 Å². The van der Waals surface area contributed by atoms with E-state index in [-0.39, 0.29) is 0 Å². The summed E-state index contributed by atoms with van der Waals surface area (Å²) in [7, 11) is 2.10. The molecule has 5 rings (SSSR count). The number of hydrogen-bond donors (Lipinski definition) is 0. The number of fused-ring (bicyclic) bond motifs is 4. The maximum atomic E-state index is 6.29. The molecule has 0 aliphatic carbocycles. The minimum Gasteiger partial charge on any atom is -0.457 e. The molecule has 1 nitrogen and oxygen atoms in total. The molecule has 22 heavy (non-hydrogen) atoms. The van der Waals surface area contributed by atoms with Crippen LogP contribution >= 0.6 is 0 Å². The van der Waals surface area contributed by atoms with E-state index in [1.165, 1.54) is 38.1 Å². The van der Waals surface area contributed by atoms with Crippen LogP contribution in [0.2, 0.25) is 0 Å². The molecule has 0 aromatic heterocycles. The fraction of sp³-hybridized carbons (Fsp3) is 0. The number of hydrogen-bond acceptors (Lipinski definition) is 1. The second-order valence-corrected chi connectivity index (χ2v) is 5.88. The standard InChI is InChI=1S/C20H13BO/c21-17-10-4-9-16-15-8-3-7-14-13-6-2-1-5-12(13)11-18(19(14)15)22-20(16)17/h1-11H,21H2. The van der Waals surface area contributed by atoms with Crippen molar-refractivity contribution in [2.24, 2.45) is 0 Å². The largest absolute Gasteiger partial charge is 0.457 e. The molecule has 0 fully saturated rings. The normalized spacial score (nSPS) is 12.2. The van der Waals surface area contributed by atoms with Crippen LogP contribution in [0, 0.1) is 0 Å². The van der Waals surface area contributed by atoms with Gasteiger partial charge in [-0.05, 0) is 33.3 Å². The van der Waals surface area contributed by atoms with E-state index in [1.54, 1.807) is 0 Å². The molecule has 0 atom stereocenters. The molecule has 0 N–H and O–H groups in total. The molecule has 1 aliphatic rings. The van der Waals surface area contributed by atoms with Gasteiger partial charge in [0, 0.05) is 10.9 Å². The van der Waals surface area contributed by atoms with Crippen LogP contribution in [0.4, 0.5) is 0 Å². The van der Waals surface area contributed by atoms with Gasteiger partial charge in [-0.15, -0.1) is 0 Å². The van der Waals surface area contributed by atoms with E-state index >= 15 is 0 Å². The smallest absolute Gasteiger partial charge is 0.144 e. The number of rotatable bonds is 0. The summed E-state index contributed by atoms with van der Waals surface area (Å²) < 4.78 is 6.29. The summed E-state index contributed by atoms with van der Waals surface area (Å²) in [6, 6.07) is 23.5. The highest BCUT2D eigenvalue weighted by Gasteiger charge is 2.21. The van der Waals surface area contributed by atoms with Gasteiger partial charge in [0.15, 0.2) is 0 Å². The Morgan fingerprint density at radius 3 is 2.45 bits per heavy atom. The number of benzene rings is 4. The van der Waals surface area contributed by atoms with Crippen LogP contribution < -0.4 is 10.2 Å². The molecule has 0 spiro atoms. The lowest BCUT2D eigenvalue weighted by Crippen LogP contribution is -2.10. The van der Waals surface area contributed by atoms with E-state index in [9.17, 15) is 0 Å². The van der Waals surface area contributed by atoms with Crippen molar-refractivity contribution in [1.82, 2.24) is 0 Å². The first-order valence-electron chi connectivity index (χ1n) is 7.55. The van der Waals surface area contributed by atoms with Gasteiger partial charge in [-0.1, -0.05) is 60.7 Å². The number of para-hydroxylation sites is 1. The predicted octanol–water partition coefficient (Wildman–Crippen LogP) is 4.02. The molecule has 0 unspecified atom stereocenters. The first kappa shape index (κ1) is 11.9. The average molecular weight is 280 g/mol. The van der Waals surface area contributed by atoms with Crippen molar-refractivity contribution in [3.05, 3.63) is 66.7 Å². The van der Waals surface area contributed by atoms with Crippen LogP contribution in [0.25, 0.3) is 32.7 Å². The lowest BCUT2D eigenvalue weighted by atomic mass is 9.86. The Morgan fingerprint density at radius 2 is 1.50 bits per heavy atom. The first-order valence-corrected chi connectivity index (χ1v) is 7.55. The van der Waals surface area contributed by atoms with Gasteiger partial charge in [0.1, 0.15) is 19.3 Å². The van der Waals surface area contributed by atoms with E-state index in [2.05, 4.69) is 74.6 Å². The van der Waals surface area contributed by atoms with E-state index in [0.717, 1.165) is 11.5 Å². The Balaban J connectivity index is 2.02. The molecule has 0 bridgehead atoms. The van der Waals surface area contributed by atoms with Crippen LogP contribution in [0.3, 0.4) is 0 Å². The van der Waals surface area contributed by atoms with E-state index < -0.39 is 0 Å². The fourth-order valence-corrected chi connectivity index (χ4v) is 3.54. The molecular weight excluding hydrogens is 267 g/mol. The molecule has 2 heteroatoms. The third-order valence-electron chi connectivity index (χ3n) is 4.56. The molecule has 0 radical (unpaired) electrons. The molecule has 102 valence electrons. The van der Waals surface area contributed by atoms with Crippen LogP contribution in [-0.2, 0) is 0 Å². The highest BCUT2D eigenvalue weighted by atomic mass is 16.5. The van der Waals surface area contributed by atoms with Gasteiger partial charge in [-0.3, -0.25) is 0 Å². The van der Waals surface area contributed by atoms with Gasteiger partial charge in [0.25, 0.3) is 0 Å². The summed E-state index contributed by atoms with van der Waals surface area (Å²) in [6.07, 6.45) is 0. The average Bonchev–Trinajstić information content (AvgIpc) is 2.56. The minimum absolute atomic E-state index is 0.964. The lowest BCUT2D eigenvalue weighted by Gasteiger charge is -2.23. The molecule has 0 saturated heterocycles. The van der Waals surface area contributed by atoms with Crippen LogP contribution in [0.15, 0.2) is 66.7 Å².